The normalized spacial score (nSPS) is 12.8. The summed E-state index contributed by atoms with van der Waals surface area (Å²) in [6.45, 7) is 1.77. The number of carbonyl (C=O) groups is 2. The number of amides is 1. The summed E-state index contributed by atoms with van der Waals surface area (Å²) in [5.74, 6) is -1.36. The number of nitrogens with one attached hydrogen (secondary N) is 1. The first kappa shape index (κ1) is 19.5. The molecule has 4 rings (SSSR count). The number of rotatable bonds is 4. The summed E-state index contributed by atoms with van der Waals surface area (Å²) in [5, 5.41) is 12.9. The van der Waals surface area contributed by atoms with Crippen molar-refractivity contribution in [3.63, 3.8) is 0 Å². The van der Waals surface area contributed by atoms with Crippen molar-refractivity contribution < 1.29 is 19.4 Å². The van der Waals surface area contributed by atoms with Crippen LogP contribution in [0.1, 0.15) is 31.8 Å². The quantitative estimate of drug-likeness (QED) is 0.510. The van der Waals surface area contributed by atoms with Crippen LogP contribution >= 0.6 is 0 Å². The van der Waals surface area contributed by atoms with Gasteiger partial charge in [-0.2, -0.15) is 0 Å². The van der Waals surface area contributed by atoms with Gasteiger partial charge >= 0.3 is 5.97 Å². The molecule has 1 aliphatic heterocycles. The third-order valence-corrected chi connectivity index (χ3v) is 5.31. The highest BCUT2D eigenvalue weighted by Gasteiger charge is 2.18. The van der Waals surface area contributed by atoms with Crippen molar-refractivity contribution in [1.82, 2.24) is 0 Å². The van der Waals surface area contributed by atoms with Crippen LogP contribution in [0.25, 0.3) is 0 Å². The van der Waals surface area contributed by atoms with Gasteiger partial charge in [0, 0.05) is 24.3 Å². The van der Waals surface area contributed by atoms with Gasteiger partial charge in [-0.25, -0.2) is 4.79 Å². The molecular weight excluding hydrogens is 380 g/mol. The number of ether oxygens (including phenoxy) is 1. The molecule has 6 heteroatoms. The molecule has 0 aliphatic carbocycles. The molecule has 0 bridgehead atoms. The van der Waals surface area contributed by atoms with Gasteiger partial charge in [0.1, 0.15) is 5.56 Å². The molecule has 3 aromatic carbocycles. The fourth-order valence-electron chi connectivity index (χ4n) is 3.65. The summed E-state index contributed by atoms with van der Waals surface area (Å²) >= 11 is 0. The lowest BCUT2D eigenvalue weighted by atomic mass is 9.99. The van der Waals surface area contributed by atoms with Gasteiger partial charge in [0.15, 0.2) is 5.75 Å². The second-order valence-electron chi connectivity index (χ2n) is 7.13. The van der Waals surface area contributed by atoms with Crippen molar-refractivity contribution in [2.45, 2.75) is 13.0 Å². The largest absolute Gasteiger partial charge is 0.505 e. The Morgan fingerprint density at radius 1 is 0.967 bits per heavy atom. The van der Waals surface area contributed by atoms with E-state index in [9.17, 15) is 14.7 Å². The van der Waals surface area contributed by atoms with Crippen molar-refractivity contribution in [1.29, 1.82) is 0 Å². The first-order valence-corrected chi connectivity index (χ1v) is 9.70. The van der Waals surface area contributed by atoms with E-state index in [1.54, 1.807) is 18.2 Å². The molecule has 0 saturated heterocycles. The Morgan fingerprint density at radius 2 is 1.70 bits per heavy atom. The third kappa shape index (κ3) is 3.85. The number of esters is 1. The zero-order chi connectivity index (χ0) is 21.1. The minimum Gasteiger partial charge on any atom is -0.505 e. The maximum atomic E-state index is 12.6. The van der Waals surface area contributed by atoms with E-state index in [-0.39, 0.29) is 22.9 Å². The number of hydrogen-bond acceptors (Lipinski definition) is 5. The number of hydrogen-bond donors (Lipinski definition) is 2. The number of anilines is 2. The first-order valence-electron chi connectivity index (χ1n) is 9.70. The van der Waals surface area contributed by atoms with E-state index in [4.69, 9.17) is 0 Å². The molecule has 0 unspecified atom stereocenters. The molecule has 0 aromatic heterocycles. The van der Waals surface area contributed by atoms with E-state index in [1.165, 1.54) is 30.4 Å². The number of methoxy groups -OCH3 is 1. The van der Waals surface area contributed by atoms with Crippen LogP contribution in [0, 0.1) is 0 Å². The molecule has 1 aliphatic rings. The van der Waals surface area contributed by atoms with Gasteiger partial charge in [0.2, 0.25) is 0 Å². The van der Waals surface area contributed by atoms with Gasteiger partial charge in [-0.3, -0.25) is 4.79 Å². The minimum absolute atomic E-state index is 0.00368. The van der Waals surface area contributed by atoms with E-state index in [0.29, 0.717) is 5.56 Å². The predicted molar refractivity (Wildman–Crippen MR) is 115 cm³/mol. The Labute approximate surface area is 174 Å². The highest BCUT2D eigenvalue weighted by Crippen LogP contribution is 2.29. The lowest BCUT2D eigenvalue weighted by molar-refractivity contribution is 0.0597. The molecule has 6 nitrogen and oxygen atoms in total. The number of carbonyl (C=O) groups excluding carboxylic acids is 2. The molecule has 0 saturated carbocycles. The van der Waals surface area contributed by atoms with Crippen LogP contribution in [-0.2, 0) is 17.7 Å². The Kier molecular flexibility index (Phi) is 5.39. The van der Waals surface area contributed by atoms with Crippen LogP contribution < -0.4 is 10.2 Å². The fourth-order valence-corrected chi connectivity index (χ4v) is 3.65. The van der Waals surface area contributed by atoms with E-state index in [2.05, 4.69) is 39.2 Å². The summed E-state index contributed by atoms with van der Waals surface area (Å²) in [5.41, 5.74) is 4.37. The molecule has 152 valence electrons. The summed E-state index contributed by atoms with van der Waals surface area (Å²) in [6, 6.07) is 20.3. The fraction of sp³-hybridized carbons (Fsp3) is 0.167. The molecule has 0 atom stereocenters. The SMILES string of the molecule is COC(=O)c1cccc(NC(=O)c2ccc(N3CCc4ccccc4C3)cc2)c1O. The Bertz CT molecular complexity index is 1090. The van der Waals surface area contributed by atoms with Crippen molar-refractivity contribution in [2.75, 3.05) is 23.9 Å². The van der Waals surface area contributed by atoms with Crippen LogP contribution in [0.3, 0.4) is 0 Å². The topological polar surface area (TPSA) is 78.9 Å². The zero-order valence-electron chi connectivity index (χ0n) is 16.6. The van der Waals surface area contributed by atoms with Gasteiger partial charge < -0.3 is 20.1 Å². The van der Waals surface area contributed by atoms with Crippen LogP contribution in [0.2, 0.25) is 0 Å². The van der Waals surface area contributed by atoms with E-state index < -0.39 is 5.97 Å². The molecule has 3 aromatic rings. The predicted octanol–water partition coefficient (Wildman–Crippen LogP) is 3.99. The number of aromatic hydroxyl groups is 1. The Hall–Kier alpha value is -3.80. The average molecular weight is 402 g/mol. The van der Waals surface area contributed by atoms with Crippen molar-refractivity contribution in [3.05, 3.63) is 89.0 Å². The maximum Gasteiger partial charge on any atom is 0.341 e. The highest BCUT2D eigenvalue weighted by atomic mass is 16.5. The smallest absolute Gasteiger partial charge is 0.341 e. The lowest BCUT2D eigenvalue weighted by Gasteiger charge is -2.30. The van der Waals surface area contributed by atoms with E-state index in [1.807, 2.05) is 12.1 Å². The molecule has 2 N–H and O–H groups in total. The molecule has 0 spiro atoms. The monoisotopic (exact) mass is 402 g/mol. The molecule has 0 radical (unpaired) electrons. The standard InChI is InChI=1S/C24H22N2O4/c1-30-24(29)20-7-4-8-21(22(20)27)25-23(28)17-9-11-19(12-10-17)26-14-13-16-5-2-3-6-18(16)15-26/h2-12,27H,13-15H2,1H3,(H,25,28). The molecular formula is C24H22N2O4. The van der Waals surface area contributed by atoms with Gasteiger partial charge in [-0.05, 0) is 53.9 Å². The average Bonchev–Trinajstić information content (AvgIpc) is 2.79. The van der Waals surface area contributed by atoms with E-state index in [0.717, 1.165) is 25.2 Å². The van der Waals surface area contributed by atoms with Crippen LogP contribution in [0.15, 0.2) is 66.7 Å². The second-order valence-corrected chi connectivity index (χ2v) is 7.13. The second kappa shape index (κ2) is 8.29. The summed E-state index contributed by atoms with van der Waals surface area (Å²) < 4.78 is 4.64. The zero-order valence-corrected chi connectivity index (χ0v) is 16.6. The number of nitrogens with zero attached hydrogens (tertiary/aromatic N) is 1. The highest BCUT2D eigenvalue weighted by molar-refractivity contribution is 6.06. The van der Waals surface area contributed by atoms with Crippen LogP contribution in [0.4, 0.5) is 11.4 Å². The van der Waals surface area contributed by atoms with E-state index >= 15 is 0 Å². The summed E-state index contributed by atoms with van der Waals surface area (Å²) in [6.07, 6.45) is 0.994. The number of phenolic OH excluding ortho intramolecular Hbond substituents is 1. The van der Waals surface area contributed by atoms with Crippen molar-refractivity contribution >= 4 is 23.3 Å². The Morgan fingerprint density at radius 3 is 2.43 bits per heavy atom. The van der Waals surface area contributed by atoms with Crippen LogP contribution in [0.5, 0.6) is 5.75 Å². The van der Waals surface area contributed by atoms with Gasteiger partial charge in [0.25, 0.3) is 5.91 Å². The van der Waals surface area contributed by atoms with Crippen molar-refractivity contribution in [2.24, 2.45) is 0 Å². The van der Waals surface area contributed by atoms with Crippen LogP contribution in [-0.4, -0.2) is 30.6 Å². The first-order chi connectivity index (χ1) is 14.6. The van der Waals surface area contributed by atoms with Gasteiger partial charge in [-0.15, -0.1) is 0 Å². The van der Waals surface area contributed by atoms with Gasteiger partial charge in [0.05, 0.1) is 12.8 Å². The minimum atomic E-state index is -0.670. The lowest BCUT2D eigenvalue weighted by Crippen LogP contribution is -2.30. The Balaban J connectivity index is 1.47. The number of benzene rings is 3. The summed E-state index contributed by atoms with van der Waals surface area (Å²) in [7, 11) is 1.23. The molecule has 0 fully saturated rings. The number of phenols is 1. The van der Waals surface area contributed by atoms with Crippen molar-refractivity contribution in [3.8, 4) is 5.75 Å². The third-order valence-electron chi connectivity index (χ3n) is 5.31. The maximum absolute atomic E-state index is 12.6. The van der Waals surface area contributed by atoms with Gasteiger partial charge in [-0.1, -0.05) is 30.3 Å². The molecule has 1 amide bonds. The summed E-state index contributed by atoms with van der Waals surface area (Å²) in [4.78, 5) is 26.6. The number of fused-ring (bicyclic) bond motifs is 1. The molecule has 1 heterocycles. The number of para-hydroxylation sites is 1. The molecule has 30 heavy (non-hydrogen) atoms.